The maximum Gasteiger partial charge on any atom is 0.227 e. The van der Waals surface area contributed by atoms with Crippen LogP contribution in [-0.2, 0) is 0 Å². The summed E-state index contributed by atoms with van der Waals surface area (Å²) in [5.41, 5.74) is 0. The highest BCUT2D eigenvalue weighted by Gasteiger charge is 1.97. The van der Waals surface area contributed by atoms with Crippen molar-refractivity contribution < 1.29 is 5.11 Å². The third-order valence-corrected chi connectivity index (χ3v) is 1.30. The van der Waals surface area contributed by atoms with Gasteiger partial charge in [-0.15, -0.1) is 0 Å². The molecule has 0 radical (unpaired) electrons. The second-order valence-corrected chi connectivity index (χ2v) is 2.31. The lowest BCUT2D eigenvalue weighted by Gasteiger charge is -2.03. The fourth-order valence-electron chi connectivity index (χ4n) is 0.792. The molecule has 3 N–H and O–H groups in total. The summed E-state index contributed by atoms with van der Waals surface area (Å²) >= 11 is 0. The van der Waals surface area contributed by atoms with Crippen molar-refractivity contribution in [1.82, 2.24) is 15.0 Å². The summed E-state index contributed by atoms with van der Waals surface area (Å²) < 4.78 is 0. The molecular formula is C7H13N5O. The molecule has 1 heterocycles. The van der Waals surface area contributed by atoms with E-state index in [0.717, 1.165) is 6.54 Å². The van der Waals surface area contributed by atoms with Gasteiger partial charge < -0.3 is 15.7 Å². The molecule has 0 aliphatic carbocycles. The monoisotopic (exact) mass is 183 g/mol. The van der Waals surface area contributed by atoms with Crippen molar-refractivity contribution in [3.05, 3.63) is 6.33 Å². The van der Waals surface area contributed by atoms with Gasteiger partial charge >= 0.3 is 0 Å². The van der Waals surface area contributed by atoms with Crippen molar-refractivity contribution in [2.75, 3.05) is 30.3 Å². The lowest BCUT2D eigenvalue weighted by molar-refractivity contribution is 0.311. The van der Waals surface area contributed by atoms with Crippen molar-refractivity contribution in [3.8, 4) is 0 Å². The van der Waals surface area contributed by atoms with E-state index in [1.54, 1.807) is 0 Å². The number of nitrogens with zero attached hydrogens (tertiary/aromatic N) is 3. The quantitative estimate of drug-likeness (QED) is 0.581. The minimum atomic E-state index is 0.0578. The van der Waals surface area contributed by atoms with Crippen LogP contribution in [0.25, 0.3) is 0 Å². The Balaban J connectivity index is 2.56. The second-order valence-electron chi connectivity index (χ2n) is 2.31. The maximum absolute atomic E-state index is 8.55. The van der Waals surface area contributed by atoms with Crippen molar-refractivity contribution >= 4 is 11.9 Å². The van der Waals surface area contributed by atoms with E-state index in [1.807, 2.05) is 6.92 Å². The first kappa shape index (κ1) is 9.66. The average Bonchev–Trinajstić information content (AvgIpc) is 2.16. The number of hydrogen-bond acceptors (Lipinski definition) is 6. The molecular weight excluding hydrogens is 170 g/mol. The molecule has 0 saturated carbocycles. The van der Waals surface area contributed by atoms with E-state index in [1.165, 1.54) is 6.33 Å². The second kappa shape index (κ2) is 5.26. The first-order valence-electron chi connectivity index (χ1n) is 4.14. The van der Waals surface area contributed by atoms with Gasteiger partial charge in [0.2, 0.25) is 11.9 Å². The third-order valence-electron chi connectivity index (χ3n) is 1.30. The Morgan fingerprint density at radius 2 is 2.00 bits per heavy atom. The van der Waals surface area contributed by atoms with Gasteiger partial charge in [-0.25, -0.2) is 9.97 Å². The minimum Gasteiger partial charge on any atom is -0.395 e. The SMILES string of the molecule is CCNc1ncnc(NCCO)n1. The highest BCUT2D eigenvalue weighted by Crippen LogP contribution is 1.99. The number of anilines is 2. The van der Waals surface area contributed by atoms with E-state index in [2.05, 4.69) is 25.6 Å². The first-order valence-corrected chi connectivity index (χ1v) is 4.14. The minimum absolute atomic E-state index is 0.0578. The Labute approximate surface area is 76.4 Å². The van der Waals surface area contributed by atoms with Gasteiger partial charge in [0.1, 0.15) is 6.33 Å². The van der Waals surface area contributed by atoms with Crippen LogP contribution in [-0.4, -0.2) is 39.8 Å². The van der Waals surface area contributed by atoms with Crippen LogP contribution >= 0.6 is 0 Å². The molecule has 0 amide bonds. The van der Waals surface area contributed by atoms with E-state index in [9.17, 15) is 0 Å². The van der Waals surface area contributed by atoms with E-state index >= 15 is 0 Å². The summed E-state index contributed by atoms with van der Waals surface area (Å²) in [7, 11) is 0. The average molecular weight is 183 g/mol. The molecule has 0 fully saturated rings. The Bertz CT molecular complexity index is 254. The lowest BCUT2D eigenvalue weighted by atomic mass is 10.7. The van der Waals surface area contributed by atoms with E-state index in [4.69, 9.17) is 5.11 Å². The van der Waals surface area contributed by atoms with Crippen molar-refractivity contribution in [2.24, 2.45) is 0 Å². The van der Waals surface area contributed by atoms with Gasteiger partial charge in [-0.1, -0.05) is 0 Å². The molecule has 0 unspecified atom stereocenters. The Hall–Kier alpha value is -1.43. The maximum atomic E-state index is 8.55. The van der Waals surface area contributed by atoms with Crippen LogP contribution in [0.15, 0.2) is 6.33 Å². The summed E-state index contributed by atoms with van der Waals surface area (Å²) in [6.45, 7) is 3.23. The first-order chi connectivity index (χ1) is 6.36. The Morgan fingerprint density at radius 1 is 1.31 bits per heavy atom. The van der Waals surface area contributed by atoms with Crippen molar-refractivity contribution in [3.63, 3.8) is 0 Å². The summed E-state index contributed by atoms with van der Waals surface area (Å²) in [5.74, 6) is 1.01. The summed E-state index contributed by atoms with van der Waals surface area (Å²) in [5, 5.41) is 14.4. The predicted octanol–water partition coefficient (Wildman–Crippen LogP) is -0.292. The number of rotatable bonds is 5. The molecule has 6 nitrogen and oxygen atoms in total. The van der Waals surface area contributed by atoms with Gasteiger partial charge in [0, 0.05) is 13.1 Å². The zero-order valence-electron chi connectivity index (χ0n) is 7.49. The number of hydrogen-bond donors (Lipinski definition) is 3. The Kier molecular flexibility index (Phi) is 3.90. The molecule has 1 aromatic rings. The van der Waals surface area contributed by atoms with Crippen LogP contribution in [0, 0.1) is 0 Å². The topological polar surface area (TPSA) is 83.0 Å². The summed E-state index contributed by atoms with van der Waals surface area (Å²) in [6.07, 6.45) is 1.42. The molecule has 0 aromatic carbocycles. The predicted molar refractivity (Wildman–Crippen MR) is 49.6 cm³/mol. The third kappa shape index (κ3) is 3.20. The van der Waals surface area contributed by atoms with Crippen LogP contribution in [0.2, 0.25) is 0 Å². The van der Waals surface area contributed by atoms with Crippen LogP contribution in [0.1, 0.15) is 6.92 Å². The highest BCUT2D eigenvalue weighted by molar-refractivity contribution is 5.32. The van der Waals surface area contributed by atoms with E-state index in [-0.39, 0.29) is 6.61 Å². The smallest absolute Gasteiger partial charge is 0.227 e. The van der Waals surface area contributed by atoms with Gasteiger partial charge in [0.25, 0.3) is 0 Å². The summed E-state index contributed by atoms with van der Waals surface area (Å²) in [6, 6.07) is 0. The lowest BCUT2D eigenvalue weighted by Crippen LogP contribution is -2.10. The van der Waals surface area contributed by atoms with Crippen molar-refractivity contribution in [2.45, 2.75) is 6.92 Å². The highest BCUT2D eigenvalue weighted by atomic mass is 16.3. The molecule has 0 saturated heterocycles. The number of aliphatic hydroxyl groups is 1. The normalized spacial score (nSPS) is 9.69. The number of aromatic nitrogens is 3. The summed E-state index contributed by atoms with van der Waals surface area (Å²) in [4.78, 5) is 11.8. The molecule has 6 heteroatoms. The molecule has 0 aliphatic heterocycles. The molecule has 0 spiro atoms. The molecule has 1 aromatic heterocycles. The van der Waals surface area contributed by atoms with Gasteiger partial charge in [-0.2, -0.15) is 4.98 Å². The van der Waals surface area contributed by atoms with Gasteiger partial charge in [0.15, 0.2) is 0 Å². The van der Waals surface area contributed by atoms with Crippen molar-refractivity contribution in [1.29, 1.82) is 0 Å². The molecule has 13 heavy (non-hydrogen) atoms. The molecule has 0 bridgehead atoms. The van der Waals surface area contributed by atoms with Gasteiger partial charge in [-0.05, 0) is 6.92 Å². The van der Waals surface area contributed by atoms with Crippen LogP contribution in [0.4, 0.5) is 11.9 Å². The molecule has 0 atom stereocenters. The van der Waals surface area contributed by atoms with Gasteiger partial charge in [0.05, 0.1) is 6.61 Å². The van der Waals surface area contributed by atoms with Gasteiger partial charge in [-0.3, -0.25) is 0 Å². The number of nitrogens with one attached hydrogen (secondary N) is 2. The fourth-order valence-corrected chi connectivity index (χ4v) is 0.792. The molecule has 72 valence electrons. The van der Waals surface area contributed by atoms with E-state index < -0.39 is 0 Å². The Morgan fingerprint density at radius 3 is 2.62 bits per heavy atom. The standard InChI is InChI=1S/C7H13N5O/c1-2-8-6-10-5-11-7(12-6)9-3-4-13/h5,13H,2-4H2,1H3,(H2,8,9,10,11,12). The van der Waals surface area contributed by atoms with Crippen LogP contribution in [0.5, 0.6) is 0 Å². The molecule has 0 aliphatic rings. The van der Waals surface area contributed by atoms with E-state index in [0.29, 0.717) is 18.4 Å². The fraction of sp³-hybridized carbons (Fsp3) is 0.571. The zero-order valence-corrected chi connectivity index (χ0v) is 7.49. The van der Waals surface area contributed by atoms with Crippen LogP contribution < -0.4 is 10.6 Å². The number of aliphatic hydroxyl groups excluding tert-OH is 1. The largest absolute Gasteiger partial charge is 0.395 e. The zero-order chi connectivity index (χ0) is 9.52. The molecule has 1 rings (SSSR count). The van der Waals surface area contributed by atoms with Crippen LogP contribution in [0.3, 0.4) is 0 Å².